The largest absolute Gasteiger partial charge is 0.489 e. The molecule has 0 saturated carbocycles. The highest BCUT2D eigenvalue weighted by molar-refractivity contribution is 6.30. The molecule has 0 N–H and O–H groups in total. The van der Waals surface area contributed by atoms with Crippen molar-refractivity contribution in [1.82, 2.24) is 9.78 Å². The fourth-order valence-electron chi connectivity index (χ4n) is 3.67. The van der Waals surface area contributed by atoms with Gasteiger partial charge in [-0.25, -0.2) is 4.79 Å². The Morgan fingerprint density at radius 3 is 2.42 bits per heavy atom. The molecular weight excluding hydrogens is 500 g/mol. The van der Waals surface area contributed by atoms with E-state index in [-0.39, 0.29) is 6.61 Å². The van der Waals surface area contributed by atoms with Crippen LogP contribution in [0.1, 0.15) is 22.3 Å². The number of carbonyl (C=O) groups excluding carboxylic acids is 1. The van der Waals surface area contributed by atoms with Crippen LogP contribution in [-0.4, -0.2) is 36.1 Å². The molecule has 1 heterocycles. The zero-order chi connectivity index (χ0) is 26.7. The van der Waals surface area contributed by atoms with E-state index in [1.54, 1.807) is 16.9 Å². The van der Waals surface area contributed by atoms with Gasteiger partial charge in [0, 0.05) is 23.0 Å². The Bertz CT molecular complexity index is 1450. The van der Waals surface area contributed by atoms with Crippen molar-refractivity contribution in [3.63, 3.8) is 0 Å². The summed E-state index contributed by atoms with van der Waals surface area (Å²) < 4.78 is 17.9. The van der Waals surface area contributed by atoms with E-state index in [2.05, 4.69) is 33.8 Å². The fraction of sp³-hybridized carbons (Fsp3) is 0.161. The molecule has 0 aliphatic carbocycles. The number of hydrogen-bond acceptors (Lipinski definition) is 5. The Morgan fingerprint density at radius 2 is 1.76 bits per heavy atom. The predicted octanol–water partition coefficient (Wildman–Crippen LogP) is 5.96. The van der Waals surface area contributed by atoms with Crippen LogP contribution in [0.5, 0.6) is 11.5 Å². The van der Waals surface area contributed by atoms with Crippen molar-refractivity contribution in [3.05, 3.63) is 119 Å². The van der Waals surface area contributed by atoms with Crippen LogP contribution in [0.2, 0.25) is 5.02 Å². The van der Waals surface area contributed by atoms with Crippen LogP contribution in [0.4, 0.5) is 0 Å². The van der Waals surface area contributed by atoms with Gasteiger partial charge >= 0.3 is 5.97 Å². The lowest BCUT2D eigenvalue weighted by Gasteiger charge is -2.12. The predicted molar refractivity (Wildman–Crippen MR) is 148 cm³/mol. The highest BCUT2D eigenvalue weighted by Crippen LogP contribution is 2.27. The average molecular weight is 527 g/mol. The number of aromatic nitrogens is 2. The number of carbonyl (C=O) groups is 1. The van der Waals surface area contributed by atoms with Gasteiger partial charge in [0.15, 0.2) is 6.61 Å². The zero-order valence-corrected chi connectivity index (χ0v) is 21.9. The maximum Gasteiger partial charge on any atom is 0.343 e. The summed E-state index contributed by atoms with van der Waals surface area (Å²) in [6.45, 7) is 2.65. The first-order chi connectivity index (χ1) is 18.5. The second kappa shape index (κ2) is 13.2. The highest BCUT2D eigenvalue weighted by Gasteiger charge is 2.08. The number of benzene rings is 3. The van der Waals surface area contributed by atoms with E-state index < -0.39 is 5.97 Å². The molecule has 38 heavy (non-hydrogen) atoms. The van der Waals surface area contributed by atoms with E-state index in [0.29, 0.717) is 29.7 Å². The standard InChI is InChI=1S/C31H27ClN2O4/c1-23-21-28(14-15-30(23)38-22-31(35)36-2)37-20-16-29(26-10-12-27(32)13-11-26)25-8-6-24(7-9-25)5-3-18-34-19-4-17-33-34/h4,6-17,19,21H,18,20,22H2,1-2H3/b29-16+. The molecule has 4 aromatic rings. The molecule has 3 aromatic carbocycles. The summed E-state index contributed by atoms with van der Waals surface area (Å²) in [6.07, 6.45) is 5.67. The summed E-state index contributed by atoms with van der Waals surface area (Å²) in [5, 5.41) is 4.84. The van der Waals surface area contributed by atoms with Gasteiger partial charge < -0.3 is 14.2 Å². The third-order valence-electron chi connectivity index (χ3n) is 5.64. The van der Waals surface area contributed by atoms with E-state index >= 15 is 0 Å². The van der Waals surface area contributed by atoms with Crippen LogP contribution in [0.3, 0.4) is 0 Å². The lowest BCUT2D eigenvalue weighted by Crippen LogP contribution is -2.13. The molecule has 0 atom stereocenters. The van der Waals surface area contributed by atoms with Crippen LogP contribution in [0.15, 0.2) is 91.3 Å². The molecule has 0 amide bonds. The lowest BCUT2D eigenvalue weighted by atomic mass is 9.97. The number of hydrogen-bond donors (Lipinski definition) is 0. The van der Waals surface area contributed by atoms with Crippen LogP contribution < -0.4 is 9.47 Å². The normalized spacial score (nSPS) is 10.9. The van der Waals surface area contributed by atoms with Gasteiger partial charge in [0.05, 0.1) is 7.11 Å². The Balaban J connectivity index is 1.48. The van der Waals surface area contributed by atoms with Crippen molar-refractivity contribution in [3.8, 4) is 23.3 Å². The maximum absolute atomic E-state index is 11.3. The second-order valence-corrected chi connectivity index (χ2v) is 8.75. The quantitative estimate of drug-likeness (QED) is 0.199. The molecular formula is C31H27ClN2O4. The lowest BCUT2D eigenvalue weighted by molar-refractivity contribution is -0.142. The van der Waals surface area contributed by atoms with E-state index in [9.17, 15) is 4.79 Å². The van der Waals surface area contributed by atoms with E-state index in [4.69, 9.17) is 21.1 Å². The first kappa shape index (κ1) is 26.6. The number of aryl methyl sites for hydroxylation is 1. The van der Waals surface area contributed by atoms with Crippen molar-refractivity contribution in [2.45, 2.75) is 13.5 Å². The molecule has 4 rings (SSSR count). The van der Waals surface area contributed by atoms with E-state index in [0.717, 1.165) is 27.8 Å². The summed E-state index contributed by atoms with van der Waals surface area (Å²) in [5.41, 5.74) is 4.87. The SMILES string of the molecule is COC(=O)COc1ccc(OC/C=C(/c2ccc(Cl)cc2)c2ccc(C#CCn3cccn3)cc2)cc1C. The molecule has 0 aliphatic heterocycles. The van der Waals surface area contributed by atoms with Crippen LogP contribution in [-0.2, 0) is 16.1 Å². The summed E-state index contributed by atoms with van der Waals surface area (Å²) in [5.74, 6) is 7.19. The van der Waals surface area contributed by atoms with Gasteiger partial charge in [-0.1, -0.05) is 47.7 Å². The topological polar surface area (TPSA) is 62.6 Å². The Hall–Kier alpha value is -4.47. The summed E-state index contributed by atoms with van der Waals surface area (Å²) in [7, 11) is 1.33. The molecule has 6 nitrogen and oxygen atoms in total. The number of esters is 1. The third-order valence-corrected chi connectivity index (χ3v) is 5.89. The number of rotatable bonds is 9. The van der Waals surface area contributed by atoms with Crippen molar-refractivity contribution >= 4 is 23.1 Å². The number of methoxy groups -OCH3 is 1. The van der Waals surface area contributed by atoms with Gasteiger partial charge in [-0.05, 0) is 83.8 Å². The smallest absolute Gasteiger partial charge is 0.343 e. The molecule has 7 heteroatoms. The van der Waals surface area contributed by atoms with Gasteiger partial charge in [0.1, 0.15) is 24.7 Å². The summed E-state index contributed by atoms with van der Waals surface area (Å²) >= 11 is 6.13. The molecule has 0 radical (unpaired) electrons. The van der Waals surface area contributed by atoms with Gasteiger partial charge in [-0.15, -0.1) is 0 Å². The van der Waals surface area contributed by atoms with E-state index in [1.165, 1.54) is 7.11 Å². The van der Waals surface area contributed by atoms with E-state index in [1.807, 2.05) is 73.8 Å². The van der Waals surface area contributed by atoms with Crippen molar-refractivity contribution < 1.29 is 19.0 Å². The minimum atomic E-state index is -0.432. The Morgan fingerprint density at radius 1 is 1.03 bits per heavy atom. The van der Waals surface area contributed by atoms with Crippen LogP contribution in [0.25, 0.3) is 5.57 Å². The second-order valence-electron chi connectivity index (χ2n) is 8.31. The van der Waals surface area contributed by atoms with Crippen LogP contribution in [0, 0.1) is 18.8 Å². The maximum atomic E-state index is 11.3. The van der Waals surface area contributed by atoms with Gasteiger partial charge in [-0.2, -0.15) is 5.10 Å². The molecule has 1 aromatic heterocycles. The molecule has 192 valence electrons. The Kier molecular flexibility index (Phi) is 9.22. The third kappa shape index (κ3) is 7.52. The zero-order valence-electron chi connectivity index (χ0n) is 21.2. The molecule has 0 unspecified atom stereocenters. The van der Waals surface area contributed by atoms with Crippen LogP contribution >= 0.6 is 11.6 Å². The number of nitrogens with zero attached hydrogens (tertiary/aromatic N) is 2. The van der Waals surface area contributed by atoms with Gasteiger partial charge in [0.2, 0.25) is 0 Å². The number of ether oxygens (including phenoxy) is 3. The van der Waals surface area contributed by atoms with Gasteiger partial charge in [-0.3, -0.25) is 4.68 Å². The van der Waals surface area contributed by atoms with Crippen molar-refractivity contribution in [2.75, 3.05) is 20.3 Å². The minimum Gasteiger partial charge on any atom is -0.489 e. The van der Waals surface area contributed by atoms with Crippen molar-refractivity contribution in [1.29, 1.82) is 0 Å². The summed E-state index contributed by atoms with van der Waals surface area (Å²) in [6, 6.07) is 23.2. The average Bonchev–Trinajstić information content (AvgIpc) is 3.45. The minimum absolute atomic E-state index is 0.139. The monoisotopic (exact) mass is 526 g/mol. The molecule has 0 bridgehead atoms. The first-order valence-corrected chi connectivity index (χ1v) is 12.4. The van der Waals surface area contributed by atoms with Crippen molar-refractivity contribution in [2.24, 2.45) is 0 Å². The molecule has 0 fully saturated rings. The molecule has 0 spiro atoms. The number of halogens is 1. The highest BCUT2D eigenvalue weighted by atomic mass is 35.5. The summed E-state index contributed by atoms with van der Waals surface area (Å²) in [4.78, 5) is 11.3. The Labute approximate surface area is 227 Å². The fourth-order valence-corrected chi connectivity index (χ4v) is 3.80. The van der Waals surface area contributed by atoms with Gasteiger partial charge in [0.25, 0.3) is 0 Å². The molecule has 0 saturated heterocycles. The first-order valence-electron chi connectivity index (χ1n) is 12.0. The molecule has 0 aliphatic rings.